The lowest BCUT2D eigenvalue weighted by molar-refractivity contribution is 0.462. The number of benzene rings is 1. The van der Waals surface area contributed by atoms with Gasteiger partial charge >= 0.3 is 0 Å². The van der Waals surface area contributed by atoms with Crippen LogP contribution in [0.5, 0.6) is 0 Å². The Bertz CT molecular complexity index is 294. The Morgan fingerprint density at radius 2 is 1.53 bits per heavy atom. The first-order valence-corrected chi connectivity index (χ1v) is 8.16. The van der Waals surface area contributed by atoms with Crippen LogP contribution in [-0.4, -0.2) is 6.54 Å². The number of hydrogen-bond donors (Lipinski definition) is 1. The molecule has 1 atom stereocenters. The Balaban J connectivity index is 2.36. The first-order valence-electron chi connectivity index (χ1n) is 8.16. The molecule has 1 heteroatoms. The van der Waals surface area contributed by atoms with Gasteiger partial charge in [-0.3, -0.25) is 0 Å². The zero-order valence-corrected chi connectivity index (χ0v) is 12.8. The lowest BCUT2D eigenvalue weighted by Crippen LogP contribution is -2.22. The molecule has 0 radical (unpaired) electrons. The van der Waals surface area contributed by atoms with Crippen molar-refractivity contribution in [2.75, 3.05) is 6.54 Å². The van der Waals surface area contributed by atoms with Crippen molar-refractivity contribution < 1.29 is 0 Å². The molecular weight excluding hydrogens is 230 g/mol. The molecule has 1 aromatic rings. The van der Waals surface area contributed by atoms with Gasteiger partial charge in [0.1, 0.15) is 0 Å². The maximum atomic E-state index is 3.73. The van der Waals surface area contributed by atoms with E-state index in [1.165, 1.54) is 56.9 Å². The summed E-state index contributed by atoms with van der Waals surface area (Å²) >= 11 is 0. The highest BCUT2D eigenvalue weighted by atomic mass is 14.9. The molecule has 0 fully saturated rings. The van der Waals surface area contributed by atoms with Crippen LogP contribution >= 0.6 is 0 Å². The van der Waals surface area contributed by atoms with E-state index in [9.17, 15) is 0 Å². The van der Waals surface area contributed by atoms with Gasteiger partial charge in [0.05, 0.1) is 0 Å². The Labute approximate surface area is 119 Å². The van der Waals surface area contributed by atoms with Crippen LogP contribution in [0.4, 0.5) is 0 Å². The van der Waals surface area contributed by atoms with Crippen LogP contribution in [0, 0.1) is 0 Å². The molecule has 0 heterocycles. The molecule has 0 aromatic heterocycles. The van der Waals surface area contributed by atoms with Gasteiger partial charge in [0.2, 0.25) is 0 Å². The second kappa shape index (κ2) is 11.0. The van der Waals surface area contributed by atoms with E-state index in [0.29, 0.717) is 6.04 Å². The van der Waals surface area contributed by atoms with E-state index in [2.05, 4.69) is 49.5 Å². The van der Waals surface area contributed by atoms with E-state index in [1.807, 2.05) is 0 Å². The smallest absolute Gasteiger partial charge is 0.0320 e. The normalized spacial score (nSPS) is 12.5. The Morgan fingerprint density at radius 3 is 2.21 bits per heavy atom. The van der Waals surface area contributed by atoms with Gasteiger partial charge < -0.3 is 5.32 Å². The summed E-state index contributed by atoms with van der Waals surface area (Å²) in [5.74, 6) is 0. The molecule has 0 saturated heterocycles. The Hall–Kier alpha value is -0.820. The highest BCUT2D eigenvalue weighted by molar-refractivity contribution is 5.18. The molecule has 0 aliphatic heterocycles. The van der Waals surface area contributed by atoms with Crippen LogP contribution in [0.15, 0.2) is 30.3 Å². The van der Waals surface area contributed by atoms with E-state index in [4.69, 9.17) is 0 Å². The van der Waals surface area contributed by atoms with Gasteiger partial charge in [-0.1, -0.05) is 82.7 Å². The molecule has 0 spiro atoms. The molecule has 1 aromatic carbocycles. The fourth-order valence-electron chi connectivity index (χ4n) is 2.48. The van der Waals surface area contributed by atoms with Crippen molar-refractivity contribution in [3.05, 3.63) is 35.9 Å². The minimum Gasteiger partial charge on any atom is -0.310 e. The molecule has 108 valence electrons. The molecule has 0 aliphatic rings. The average molecular weight is 261 g/mol. The molecule has 0 bridgehead atoms. The minimum absolute atomic E-state index is 0.550. The van der Waals surface area contributed by atoms with Crippen LogP contribution in [0.1, 0.15) is 76.8 Å². The highest BCUT2D eigenvalue weighted by Crippen LogP contribution is 2.20. The number of unbranched alkanes of at least 4 members (excludes halogenated alkanes) is 5. The van der Waals surface area contributed by atoms with Crippen molar-refractivity contribution >= 4 is 0 Å². The summed E-state index contributed by atoms with van der Waals surface area (Å²) in [5.41, 5.74) is 1.45. The van der Waals surface area contributed by atoms with Crippen molar-refractivity contribution in [3.8, 4) is 0 Å². The van der Waals surface area contributed by atoms with Crippen molar-refractivity contribution in [1.82, 2.24) is 5.32 Å². The maximum absolute atomic E-state index is 3.73. The minimum atomic E-state index is 0.550. The fraction of sp³-hybridized carbons (Fsp3) is 0.667. The Kier molecular flexibility index (Phi) is 9.44. The molecule has 0 aliphatic carbocycles. The fourth-order valence-corrected chi connectivity index (χ4v) is 2.48. The lowest BCUT2D eigenvalue weighted by atomic mass is 9.99. The van der Waals surface area contributed by atoms with Gasteiger partial charge in [-0.25, -0.2) is 0 Å². The largest absolute Gasteiger partial charge is 0.310 e. The molecule has 0 saturated carbocycles. The molecule has 19 heavy (non-hydrogen) atoms. The molecular formula is C18H31N. The van der Waals surface area contributed by atoms with Gasteiger partial charge in [0.15, 0.2) is 0 Å². The van der Waals surface area contributed by atoms with Gasteiger partial charge in [0, 0.05) is 6.04 Å². The van der Waals surface area contributed by atoms with Gasteiger partial charge in [-0.2, -0.15) is 0 Å². The SMILES string of the molecule is CCCCCCCC(NCCCC)c1ccccc1. The number of hydrogen-bond acceptors (Lipinski definition) is 1. The summed E-state index contributed by atoms with van der Waals surface area (Å²) in [6.45, 7) is 5.67. The van der Waals surface area contributed by atoms with Crippen molar-refractivity contribution in [1.29, 1.82) is 0 Å². The van der Waals surface area contributed by atoms with E-state index >= 15 is 0 Å². The second-order valence-electron chi connectivity index (χ2n) is 5.47. The quantitative estimate of drug-likeness (QED) is 0.520. The third-order valence-electron chi connectivity index (χ3n) is 3.72. The van der Waals surface area contributed by atoms with Crippen molar-refractivity contribution in [2.45, 2.75) is 71.3 Å². The molecule has 1 N–H and O–H groups in total. The predicted octanol–water partition coefficient (Wildman–Crippen LogP) is 5.48. The van der Waals surface area contributed by atoms with E-state index in [1.54, 1.807) is 0 Å². The van der Waals surface area contributed by atoms with E-state index in [-0.39, 0.29) is 0 Å². The highest BCUT2D eigenvalue weighted by Gasteiger charge is 2.09. The molecule has 1 rings (SSSR count). The molecule has 1 unspecified atom stereocenters. The maximum Gasteiger partial charge on any atom is 0.0320 e. The second-order valence-corrected chi connectivity index (χ2v) is 5.47. The summed E-state index contributed by atoms with van der Waals surface area (Å²) in [6, 6.07) is 11.5. The van der Waals surface area contributed by atoms with Crippen molar-refractivity contribution in [2.24, 2.45) is 0 Å². The molecule has 1 nitrogen and oxygen atoms in total. The Morgan fingerprint density at radius 1 is 0.842 bits per heavy atom. The monoisotopic (exact) mass is 261 g/mol. The summed E-state index contributed by atoms with van der Waals surface area (Å²) < 4.78 is 0. The van der Waals surface area contributed by atoms with Crippen LogP contribution < -0.4 is 5.32 Å². The summed E-state index contributed by atoms with van der Waals surface area (Å²) in [4.78, 5) is 0. The first kappa shape index (κ1) is 16.2. The van der Waals surface area contributed by atoms with E-state index in [0.717, 1.165) is 6.54 Å². The number of rotatable bonds is 11. The summed E-state index contributed by atoms with van der Waals surface area (Å²) in [7, 11) is 0. The van der Waals surface area contributed by atoms with Gasteiger partial charge in [-0.05, 0) is 24.9 Å². The topological polar surface area (TPSA) is 12.0 Å². The first-order chi connectivity index (χ1) is 9.38. The zero-order chi connectivity index (χ0) is 13.8. The van der Waals surface area contributed by atoms with Crippen molar-refractivity contribution in [3.63, 3.8) is 0 Å². The third kappa shape index (κ3) is 7.37. The van der Waals surface area contributed by atoms with Crippen LogP contribution in [0.25, 0.3) is 0 Å². The summed E-state index contributed by atoms with van der Waals surface area (Å²) in [5, 5.41) is 3.73. The van der Waals surface area contributed by atoms with Gasteiger partial charge in [-0.15, -0.1) is 0 Å². The lowest BCUT2D eigenvalue weighted by Gasteiger charge is -2.19. The third-order valence-corrected chi connectivity index (χ3v) is 3.72. The summed E-state index contributed by atoms with van der Waals surface area (Å²) in [6.07, 6.45) is 10.7. The van der Waals surface area contributed by atoms with Gasteiger partial charge in [0.25, 0.3) is 0 Å². The predicted molar refractivity (Wildman–Crippen MR) is 85.5 cm³/mol. The number of nitrogens with one attached hydrogen (secondary N) is 1. The van der Waals surface area contributed by atoms with Crippen LogP contribution in [0.3, 0.4) is 0 Å². The zero-order valence-electron chi connectivity index (χ0n) is 12.8. The average Bonchev–Trinajstić information content (AvgIpc) is 2.46. The molecule has 0 amide bonds. The van der Waals surface area contributed by atoms with Crippen LogP contribution in [-0.2, 0) is 0 Å². The van der Waals surface area contributed by atoms with E-state index < -0.39 is 0 Å². The standard InChI is InChI=1S/C18H31N/c1-3-5-7-8-12-15-18(19-16-6-4-2)17-13-10-9-11-14-17/h9-11,13-14,18-19H,3-8,12,15-16H2,1-2H3. The van der Waals surface area contributed by atoms with Crippen LogP contribution in [0.2, 0.25) is 0 Å².